The third kappa shape index (κ3) is 1.47. The minimum atomic E-state index is 0.967. The zero-order valence-corrected chi connectivity index (χ0v) is 11.9. The monoisotopic (exact) mass is 420 g/mol. The molecule has 74 valence electrons. The van der Waals surface area contributed by atoms with Crippen molar-refractivity contribution in [3.8, 4) is 0 Å². The molecular formula is C12H6I2O. The van der Waals surface area contributed by atoms with Crippen LogP contribution in [0.2, 0.25) is 0 Å². The first kappa shape index (κ1) is 9.89. The lowest BCUT2D eigenvalue weighted by atomic mass is 10.2. The second-order valence-electron chi connectivity index (χ2n) is 3.33. The molecule has 1 aromatic heterocycles. The molecule has 0 radical (unpaired) electrons. The van der Waals surface area contributed by atoms with Crippen LogP contribution in [0.25, 0.3) is 21.9 Å². The molecule has 0 aliphatic heterocycles. The van der Waals surface area contributed by atoms with E-state index in [1.807, 2.05) is 18.2 Å². The number of rotatable bonds is 0. The van der Waals surface area contributed by atoms with Gasteiger partial charge in [0, 0.05) is 14.3 Å². The van der Waals surface area contributed by atoms with Crippen LogP contribution in [-0.2, 0) is 0 Å². The first-order valence-corrected chi connectivity index (χ1v) is 6.68. The van der Waals surface area contributed by atoms with Gasteiger partial charge in [0.05, 0.1) is 3.57 Å². The van der Waals surface area contributed by atoms with Gasteiger partial charge < -0.3 is 4.42 Å². The second-order valence-corrected chi connectivity index (χ2v) is 5.66. The molecule has 0 aliphatic carbocycles. The molecule has 0 amide bonds. The Morgan fingerprint density at radius 1 is 0.867 bits per heavy atom. The third-order valence-corrected chi connectivity index (χ3v) is 4.18. The summed E-state index contributed by atoms with van der Waals surface area (Å²) in [4.78, 5) is 0. The number of hydrogen-bond acceptors (Lipinski definition) is 1. The van der Waals surface area contributed by atoms with Crippen molar-refractivity contribution in [2.24, 2.45) is 0 Å². The highest BCUT2D eigenvalue weighted by Gasteiger charge is 2.11. The Morgan fingerprint density at radius 3 is 2.47 bits per heavy atom. The second kappa shape index (κ2) is 3.62. The Balaban J connectivity index is 2.66. The van der Waals surface area contributed by atoms with Crippen molar-refractivity contribution in [1.82, 2.24) is 0 Å². The Labute approximate surface area is 114 Å². The van der Waals surface area contributed by atoms with Crippen molar-refractivity contribution >= 4 is 67.1 Å². The Hall–Kier alpha value is -0.300. The minimum absolute atomic E-state index is 0.967. The molecule has 2 aromatic carbocycles. The summed E-state index contributed by atoms with van der Waals surface area (Å²) in [7, 11) is 0. The molecule has 1 heterocycles. The quantitative estimate of drug-likeness (QED) is 0.477. The van der Waals surface area contributed by atoms with E-state index in [0.717, 1.165) is 11.2 Å². The molecule has 0 bridgehead atoms. The third-order valence-electron chi connectivity index (χ3n) is 2.43. The van der Waals surface area contributed by atoms with Crippen molar-refractivity contribution in [3.05, 3.63) is 43.5 Å². The van der Waals surface area contributed by atoms with E-state index in [9.17, 15) is 0 Å². The van der Waals surface area contributed by atoms with E-state index >= 15 is 0 Å². The molecule has 0 fully saturated rings. The lowest BCUT2D eigenvalue weighted by Gasteiger charge is -1.95. The first-order chi connectivity index (χ1) is 7.27. The molecule has 0 aliphatic rings. The van der Waals surface area contributed by atoms with Crippen molar-refractivity contribution in [2.75, 3.05) is 0 Å². The van der Waals surface area contributed by atoms with Crippen molar-refractivity contribution < 1.29 is 4.42 Å². The van der Waals surface area contributed by atoms with Gasteiger partial charge in [-0.2, -0.15) is 0 Å². The highest BCUT2D eigenvalue weighted by Crippen LogP contribution is 2.34. The molecule has 3 rings (SSSR count). The number of furan rings is 1. The summed E-state index contributed by atoms with van der Waals surface area (Å²) in [5.41, 5.74) is 1.97. The van der Waals surface area contributed by atoms with Gasteiger partial charge in [-0.05, 0) is 63.4 Å². The lowest BCUT2D eigenvalue weighted by Crippen LogP contribution is -1.76. The predicted molar refractivity (Wildman–Crippen MR) is 79.2 cm³/mol. The van der Waals surface area contributed by atoms with Crippen LogP contribution in [0.5, 0.6) is 0 Å². The van der Waals surface area contributed by atoms with E-state index < -0.39 is 0 Å². The SMILES string of the molecule is Ic1ccc(I)c2c1oc1ccccc12. The van der Waals surface area contributed by atoms with Gasteiger partial charge in [0.2, 0.25) is 0 Å². The predicted octanol–water partition coefficient (Wildman–Crippen LogP) is 4.80. The molecule has 0 unspecified atom stereocenters. The highest BCUT2D eigenvalue weighted by molar-refractivity contribution is 14.1. The van der Waals surface area contributed by atoms with Crippen LogP contribution in [0.1, 0.15) is 0 Å². The van der Waals surface area contributed by atoms with Crippen molar-refractivity contribution in [3.63, 3.8) is 0 Å². The number of fused-ring (bicyclic) bond motifs is 3. The van der Waals surface area contributed by atoms with Gasteiger partial charge in [-0.1, -0.05) is 18.2 Å². The van der Waals surface area contributed by atoms with Crippen molar-refractivity contribution in [2.45, 2.75) is 0 Å². The van der Waals surface area contributed by atoms with Crippen LogP contribution >= 0.6 is 45.2 Å². The zero-order chi connectivity index (χ0) is 10.4. The molecular weight excluding hydrogens is 414 g/mol. The largest absolute Gasteiger partial charge is 0.455 e. The molecule has 3 heteroatoms. The summed E-state index contributed by atoms with van der Waals surface area (Å²) in [6.07, 6.45) is 0. The Morgan fingerprint density at radius 2 is 1.60 bits per heavy atom. The summed E-state index contributed by atoms with van der Waals surface area (Å²) in [6.45, 7) is 0. The van der Waals surface area contributed by atoms with Crippen LogP contribution in [0, 0.1) is 7.14 Å². The van der Waals surface area contributed by atoms with E-state index in [2.05, 4.69) is 63.4 Å². The number of benzene rings is 2. The van der Waals surface area contributed by atoms with Crippen LogP contribution in [-0.4, -0.2) is 0 Å². The normalized spacial score (nSPS) is 11.3. The maximum atomic E-state index is 5.85. The van der Waals surface area contributed by atoms with E-state index in [1.165, 1.54) is 17.9 Å². The standard InChI is InChI=1S/C12H6I2O/c13-8-5-6-9(14)12-11(8)7-3-1-2-4-10(7)15-12/h1-6H. The van der Waals surface area contributed by atoms with E-state index in [1.54, 1.807) is 0 Å². The van der Waals surface area contributed by atoms with Gasteiger partial charge in [-0.25, -0.2) is 0 Å². The molecule has 15 heavy (non-hydrogen) atoms. The lowest BCUT2D eigenvalue weighted by molar-refractivity contribution is 0.666. The van der Waals surface area contributed by atoms with Crippen LogP contribution in [0.3, 0.4) is 0 Å². The maximum absolute atomic E-state index is 5.85. The zero-order valence-electron chi connectivity index (χ0n) is 7.63. The fourth-order valence-corrected chi connectivity index (χ4v) is 3.03. The molecule has 0 N–H and O–H groups in total. The van der Waals surface area contributed by atoms with Gasteiger partial charge in [0.1, 0.15) is 11.2 Å². The van der Waals surface area contributed by atoms with Gasteiger partial charge in [0.15, 0.2) is 0 Å². The van der Waals surface area contributed by atoms with Gasteiger partial charge >= 0.3 is 0 Å². The topological polar surface area (TPSA) is 13.1 Å². The molecule has 0 saturated heterocycles. The van der Waals surface area contributed by atoms with Crippen molar-refractivity contribution in [1.29, 1.82) is 0 Å². The molecule has 0 saturated carbocycles. The average Bonchev–Trinajstić information content (AvgIpc) is 2.64. The van der Waals surface area contributed by atoms with Gasteiger partial charge in [-0.3, -0.25) is 0 Å². The highest BCUT2D eigenvalue weighted by atomic mass is 127. The molecule has 3 aromatic rings. The minimum Gasteiger partial charge on any atom is -0.455 e. The van der Waals surface area contributed by atoms with E-state index in [-0.39, 0.29) is 0 Å². The fraction of sp³-hybridized carbons (Fsp3) is 0. The van der Waals surface area contributed by atoms with Crippen LogP contribution < -0.4 is 0 Å². The smallest absolute Gasteiger partial charge is 0.149 e. The van der Waals surface area contributed by atoms with Crippen LogP contribution in [0.15, 0.2) is 40.8 Å². The Bertz CT molecular complexity index is 655. The van der Waals surface area contributed by atoms with Gasteiger partial charge in [0.25, 0.3) is 0 Å². The van der Waals surface area contributed by atoms with E-state index in [4.69, 9.17) is 4.42 Å². The summed E-state index contributed by atoms with van der Waals surface area (Å²) >= 11 is 4.67. The molecule has 0 atom stereocenters. The number of hydrogen-bond donors (Lipinski definition) is 0. The summed E-state index contributed by atoms with van der Waals surface area (Å²) in [5, 5.41) is 2.44. The summed E-state index contributed by atoms with van der Waals surface area (Å²) in [6, 6.07) is 12.4. The first-order valence-electron chi connectivity index (χ1n) is 4.52. The average molecular weight is 420 g/mol. The number of para-hydroxylation sites is 1. The fourth-order valence-electron chi connectivity index (χ4n) is 1.76. The molecule has 0 spiro atoms. The van der Waals surface area contributed by atoms with Crippen LogP contribution in [0.4, 0.5) is 0 Å². The van der Waals surface area contributed by atoms with Gasteiger partial charge in [-0.15, -0.1) is 0 Å². The molecule has 1 nitrogen and oxygen atoms in total. The summed E-state index contributed by atoms with van der Waals surface area (Å²) < 4.78 is 8.26. The Kier molecular flexibility index (Phi) is 2.39. The number of halogens is 2. The maximum Gasteiger partial charge on any atom is 0.149 e. The summed E-state index contributed by atoms with van der Waals surface area (Å²) in [5.74, 6) is 0. The van der Waals surface area contributed by atoms with E-state index in [0.29, 0.717) is 0 Å².